The molecule has 10 fully saturated rings. The van der Waals surface area contributed by atoms with E-state index in [-0.39, 0.29) is 53.9 Å². The Morgan fingerprint density at radius 3 is 0.946 bits per heavy atom. The molecule has 12 aliphatic heterocycles. The summed E-state index contributed by atoms with van der Waals surface area (Å²) in [7, 11) is -16.5. The minimum absolute atomic E-state index is 0.0184. The number of benzene rings is 6. The average Bonchev–Trinajstić information content (AvgIpc) is 1.57. The van der Waals surface area contributed by atoms with Gasteiger partial charge in [-0.25, -0.2) is 0 Å². The maximum atomic E-state index is 12.4. The van der Waals surface area contributed by atoms with Crippen molar-refractivity contribution in [2.24, 2.45) is 5.92 Å². The molecule has 6 aromatic carbocycles. The van der Waals surface area contributed by atoms with Crippen LogP contribution in [0.3, 0.4) is 0 Å². The molecule has 12 heterocycles. The van der Waals surface area contributed by atoms with Gasteiger partial charge < -0.3 is 91.5 Å². The fourth-order valence-corrected chi connectivity index (χ4v) is 18.0. The van der Waals surface area contributed by atoms with Crippen LogP contribution >= 0.6 is 0 Å². The summed E-state index contributed by atoms with van der Waals surface area (Å²) < 4.78 is 247. The number of hydrogen-bond acceptors (Lipinski definition) is 36. The molecule has 39 nitrogen and oxygen atoms in total. The van der Waals surface area contributed by atoms with Crippen LogP contribution in [0.15, 0.2) is 165 Å². The standard InChI is InChI=1S/C16H17NO6.C16H22O6S.2C15H20O7S.C15H18O7S.C10H7NO4/c1-16(2)22-12-11(18)10(21-15(12)23-16)7-17-13(19)8-5-3-4-6-9(8)14(17)20;1-10-5-7-12(8-6-10)23(17,18)19-9-13-11(2)14-15(20-13)22-16(3,4)21-14;3*1-9-4-6-10(7-5-9)23(17,18)19-8-11-12(16)13-14(20-11)22-15(2,3)21-13;12-8(13)5-11-9(14)6-3-1-2-4-7(6)10(11)15/h3-6,10-12,15,18H,7H2,1-2H3;5-8,11,13-15H,9H2,1-4H3;2*4-7,11-14,16H,8H2,1-3H3;4-7,11,13-14H,8H2,1-3H3;1-4H,5H2,(H,12,13)/t10-,11?,12+,15-;11?,13-,14+,15-;2*11-,12?,13+,14-;11-,13+,14-;/m11111./s1/i7D;9D;3*8D;5D/t7-,10-,11?,12+,15-;9-,11?,13-,14+,15-;2*8-,11-,12?,13+,14-;8-,11-,13+,14-;5-/m111111/s1. The first kappa shape index (κ1) is 90.8. The van der Waals surface area contributed by atoms with E-state index in [0.717, 1.165) is 27.2 Å². The van der Waals surface area contributed by atoms with Gasteiger partial charge in [0.05, 0.1) is 82.4 Å². The van der Waals surface area contributed by atoms with Crippen molar-refractivity contribution in [1.82, 2.24) is 9.80 Å². The molecule has 25 atom stereocenters. The Kier molecular flexibility index (Phi) is 26.9. The number of aryl methyl sites for hydroxylation is 4. The lowest BCUT2D eigenvalue weighted by Gasteiger charge is -2.25. The highest BCUT2D eigenvalue weighted by Crippen LogP contribution is 2.44. The van der Waals surface area contributed by atoms with E-state index < -0.39 is 249 Å². The van der Waals surface area contributed by atoms with E-state index in [1.54, 1.807) is 142 Å². The maximum Gasteiger partial charge on any atom is 0.323 e. The van der Waals surface area contributed by atoms with E-state index >= 15 is 0 Å². The zero-order valence-electron chi connectivity index (χ0n) is 78.6. The first-order valence-corrected chi connectivity index (χ1v) is 46.2. The molecule has 12 aliphatic rings. The number of hydrogen-bond donors (Lipinski definition) is 4. The van der Waals surface area contributed by atoms with Crippen molar-refractivity contribution in [3.8, 4) is 0 Å². The van der Waals surface area contributed by atoms with Gasteiger partial charge in [-0.2, -0.15) is 33.7 Å². The number of nitrogens with zero attached hydrogens (tertiary/aromatic N) is 2. The molecule has 0 aromatic heterocycles. The van der Waals surface area contributed by atoms with Crippen LogP contribution in [-0.2, 0) is 138 Å². The number of aliphatic carboxylic acids is 1. The summed E-state index contributed by atoms with van der Waals surface area (Å²) in [6.07, 6.45) is -17.1. The van der Waals surface area contributed by atoms with Gasteiger partial charge >= 0.3 is 5.97 Å². The quantitative estimate of drug-likeness (QED) is 0.0494. The highest BCUT2D eigenvalue weighted by molar-refractivity contribution is 7.87. The Morgan fingerprint density at radius 2 is 0.631 bits per heavy atom. The summed E-state index contributed by atoms with van der Waals surface area (Å²) in [5.41, 5.74) is 4.41. The van der Waals surface area contributed by atoms with E-state index in [2.05, 4.69) is 0 Å². The Bertz CT molecular complexity index is 5550. The molecule has 0 spiro atoms. The van der Waals surface area contributed by atoms with Crippen molar-refractivity contribution in [2.45, 2.75) is 263 Å². The number of aliphatic hydroxyl groups is 3. The monoisotopic (exact) mass is 1900 g/mol. The lowest BCUT2D eigenvalue weighted by molar-refractivity contribution is -0.217. The van der Waals surface area contributed by atoms with E-state index in [0.29, 0.717) is 4.90 Å². The topological polar surface area (TPSA) is 502 Å². The van der Waals surface area contributed by atoms with E-state index in [1.165, 1.54) is 72.8 Å². The first-order valence-electron chi connectivity index (χ1n) is 44.0. The first-order chi connectivity index (χ1) is 63.2. The summed E-state index contributed by atoms with van der Waals surface area (Å²) in [5.74, 6) is -9.35. The second-order valence-corrected chi connectivity index (χ2v) is 39.9. The Balaban J connectivity index is 0.000000139. The van der Waals surface area contributed by atoms with Gasteiger partial charge in [-0.1, -0.05) is 102 Å². The van der Waals surface area contributed by atoms with Crippen LogP contribution in [-0.4, -0.2) is 278 Å². The Labute approximate surface area is 759 Å². The van der Waals surface area contributed by atoms with Crippen molar-refractivity contribution >= 4 is 75.9 Å². The largest absolute Gasteiger partial charge is 0.480 e. The van der Waals surface area contributed by atoms with Gasteiger partial charge in [0, 0.05) is 5.92 Å². The number of ether oxygens (including phenoxy) is 15. The molecule has 130 heavy (non-hydrogen) atoms. The fraction of sp³-hybridized carbons (Fsp3) is 0.517. The Hall–Kier alpha value is -8.34. The van der Waals surface area contributed by atoms with E-state index in [9.17, 15) is 77.8 Å². The molecule has 43 heteroatoms. The SMILES string of the molecule is [2H][C@@H](OS(=O)(=O)c1ccc(C)cc1)[C@H]1O[C@@H]2OC(C)(C)O[C@H]2C1=O.[2H][C@@H](OS(=O)(=O)c1ccc(C)cc1)[C@H]1O[C@@H]2OC(C)(C)O[C@H]2C1C.[2H][C@@H](OS(=O)(=O)c1ccc(C)cc1)[C@H]1O[C@@H]2OC(C)(C)O[C@H]2C1O.[2H][C@@H](OS(=O)(=O)c1ccc(C)cc1)[C@H]1O[C@@H]2OC(C)(C)O[C@H]2C1O.[2H][C@H](C(=O)O)N1C(=O)c2ccccc2C1=O.[2H][C@H]([C@H]1O[C@@H]2OC(C)(C)O[C@H]2C1O)N1C(=O)c2ccccc2C1=O. The minimum atomic E-state index is -4.18. The predicted molar refractivity (Wildman–Crippen MR) is 444 cm³/mol. The zero-order valence-corrected chi connectivity index (χ0v) is 75.8. The van der Waals surface area contributed by atoms with Crippen LogP contribution in [0.4, 0.5) is 0 Å². The molecule has 708 valence electrons. The molecule has 6 aromatic rings. The summed E-state index contributed by atoms with van der Waals surface area (Å²) in [6, 6.07) is 36.8. The van der Waals surface area contributed by atoms with Crippen molar-refractivity contribution < 1.29 is 179 Å². The highest BCUT2D eigenvalue weighted by Gasteiger charge is 2.60. The summed E-state index contributed by atoms with van der Waals surface area (Å²) in [5, 5.41) is 39.5. The molecule has 0 aliphatic carbocycles. The summed E-state index contributed by atoms with van der Waals surface area (Å²) >= 11 is 0. The third-order valence-electron chi connectivity index (χ3n) is 21.2. The van der Waals surface area contributed by atoms with Gasteiger partial charge in [-0.15, -0.1) is 0 Å². The fourth-order valence-electron chi connectivity index (χ4n) is 14.7. The van der Waals surface area contributed by atoms with Crippen molar-refractivity contribution in [2.75, 3.05) is 39.4 Å². The van der Waals surface area contributed by atoms with Crippen molar-refractivity contribution in [3.63, 3.8) is 0 Å². The van der Waals surface area contributed by atoms with Crippen LogP contribution in [0, 0.1) is 33.6 Å². The number of carbonyl (C=O) groups excluding carboxylic acids is 5. The van der Waals surface area contributed by atoms with Gasteiger partial charge in [-0.05, 0) is 170 Å². The van der Waals surface area contributed by atoms with Crippen molar-refractivity contribution in [1.29, 1.82) is 0 Å². The molecule has 4 unspecified atom stereocenters. The van der Waals surface area contributed by atoms with Crippen LogP contribution in [0.1, 0.15) is 148 Å². The second-order valence-electron chi connectivity index (χ2n) is 33.7. The molecule has 10 saturated heterocycles. The predicted octanol–water partition coefficient (Wildman–Crippen LogP) is 6.12. The number of aliphatic hydroxyl groups excluding tert-OH is 3. The van der Waals surface area contributed by atoms with Crippen LogP contribution < -0.4 is 0 Å². The molecule has 4 amide bonds. The number of fused-ring (bicyclic) bond motifs is 7. The van der Waals surface area contributed by atoms with E-state index in [4.69, 9.17) is 101 Å². The van der Waals surface area contributed by atoms with Crippen LogP contribution in [0.2, 0.25) is 0 Å². The van der Waals surface area contributed by atoms with E-state index in [1.807, 2.05) is 34.6 Å². The molecule has 18 rings (SSSR count). The normalized spacial score (nSPS) is 32.6. The van der Waals surface area contributed by atoms with Gasteiger partial charge in [0.2, 0.25) is 0 Å². The molecular weight excluding hydrogens is 1790 g/mol. The maximum absolute atomic E-state index is 12.4. The third kappa shape index (κ3) is 22.8. The lowest BCUT2D eigenvalue weighted by Crippen LogP contribution is -2.43. The number of imide groups is 2. The van der Waals surface area contributed by atoms with Gasteiger partial charge in [-0.3, -0.25) is 55.3 Å². The molecular formula is C87H104N2O37S4. The average molecular weight is 1900 g/mol. The third-order valence-corrected chi connectivity index (χ3v) is 26.0. The number of carboxylic acids is 1. The second kappa shape index (κ2) is 38.6. The minimum Gasteiger partial charge on any atom is -0.480 e. The number of ketones is 1. The number of amides is 4. The smallest absolute Gasteiger partial charge is 0.323 e. The van der Waals surface area contributed by atoms with Crippen LogP contribution in [0.25, 0.3) is 0 Å². The van der Waals surface area contributed by atoms with Gasteiger partial charge in [0.25, 0.3) is 64.1 Å². The Morgan fingerprint density at radius 1 is 0.362 bits per heavy atom. The number of carboxylic acid groups (broad SMARTS) is 1. The van der Waals surface area contributed by atoms with Gasteiger partial charge in [0.15, 0.2) is 72.3 Å². The summed E-state index contributed by atoms with van der Waals surface area (Å²) in [6.45, 7) is 16.4. The molecule has 0 saturated carbocycles. The zero-order chi connectivity index (χ0) is 99.9. The summed E-state index contributed by atoms with van der Waals surface area (Å²) in [4.78, 5) is 72.1. The number of rotatable bonds is 20. The highest BCUT2D eigenvalue weighted by atomic mass is 32.2. The number of Topliss-reactive ketones (excluding diaryl/α,β-unsaturated/α-hetero) is 1. The molecule has 4 N–H and O–H groups in total. The van der Waals surface area contributed by atoms with Crippen LogP contribution in [0.5, 0.6) is 0 Å². The lowest BCUT2D eigenvalue weighted by atomic mass is 10.0. The van der Waals surface area contributed by atoms with Crippen molar-refractivity contribution in [3.05, 3.63) is 190 Å². The molecule has 0 bridgehead atoms. The number of carbonyl (C=O) groups is 6. The van der Waals surface area contributed by atoms with Gasteiger partial charge in [0.1, 0.15) is 80.2 Å². The molecule has 0 radical (unpaired) electrons.